The van der Waals surface area contributed by atoms with Gasteiger partial charge in [0.15, 0.2) is 0 Å². The molecule has 108 valence electrons. The van der Waals surface area contributed by atoms with Crippen LogP contribution >= 0.6 is 0 Å². The monoisotopic (exact) mass is 289 g/mol. The molecule has 2 aromatic heterocycles. The predicted molar refractivity (Wildman–Crippen MR) is 85.3 cm³/mol. The number of hydrogen-bond donors (Lipinski definition) is 1. The van der Waals surface area contributed by atoms with Crippen LogP contribution in [0.25, 0.3) is 10.9 Å². The van der Waals surface area contributed by atoms with E-state index >= 15 is 0 Å². The highest BCUT2D eigenvalue weighted by Gasteiger charge is 2.11. The van der Waals surface area contributed by atoms with Gasteiger partial charge < -0.3 is 5.32 Å². The first-order chi connectivity index (χ1) is 10.7. The number of pyridine rings is 1. The van der Waals surface area contributed by atoms with Gasteiger partial charge in [-0.2, -0.15) is 5.26 Å². The van der Waals surface area contributed by atoms with Gasteiger partial charge in [-0.25, -0.2) is 9.97 Å². The van der Waals surface area contributed by atoms with Crippen molar-refractivity contribution in [3.63, 3.8) is 0 Å². The zero-order chi connectivity index (χ0) is 15.5. The van der Waals surface area contributed by atoms with Gasteiger partial charge in [0.2, 0.25) is 0 Å². The van der Waals surface area contributed by atoms with Gasteiger partial charge in [-0.1, -0.05) is 12.1 Å². The first-order valence-electron chi connectivity index (χ1n) is 7.02. The van der Waals surface area contributed by atoms with E-state index in [1.54, 1.807) is 18.5 Å². The average Bonchev–Trinajstić information content (AvgIpc) is 2.54. The molecule has 0 spiro atoms. The SMILES string of the molecule is Cc1nc(N[C@H](C)c2cccc(C#N)c2)c2ccncc2n1. The van der Waals surface area contributed by atoms with E-state index in [0.717, 1.165) is 22.3 Å². The largest absolute Gasteiger partial charge is 0.363 e. The zero-order valence-corrected chi connectivity index (χ0v) is 12.4. The lowest BCUT2D eigenvalue weighted by molar-refractivity contribution is 0.871. The van der Waals surface area contributed by atoms with Gasteiger partial charge in [0.1, 0.15) is 11.6 Å². The molecular weight excluding hydrogens is 274 g/mol. The molecule has 0 bridgehead atoms. The number of rotatable bonds is 3. The van der Waals surface area contributed by atoms with Crippen LogP contribution in [-0.2, 0) is 0 Å². The molecule has 0 radical (unpaired) electrons. The number of benzene rings is 1. The van der Waals surface area contributed by atoms with E-state index in [1.165, 1.54) is 0 Å². The second-order valence-electron chi connectivity index (χ2n) is 5.12. The normalized spacial score (nSPS) is 11.9. The Balaban J connectivity index is 1.97. The molecule has 0 fully saturated rings. The van der Waals surface area contributed by atoms with Crippen molar-refractivity contribution in [2.45, 2.75) is 19.9 Å². The number of nitrogens with zero attached hydrogens (tertiary/aromatic N) is 4. The van der Waals surface area contributed by atoms with Crippen molar-refractivity contribution in [1.29, 1.82) is 5.26 Å². The number of aryl methyl sites for hydroxylation is 1. The molecular formula is C17H15N5. The third kappa shape index (κ3) is 2.72. The topological polar surface area (TPSA) is 74.5 Å². The Morgan fingerprint density at radius 2 is 2.09 bits per heavy atom. The lowest BCUT2D eigenvalue weighted by Crippen LogP contribution is -2.09. The summed E-state index contributed by atoms with van der Waals surface area (Å²) in [6.07, 6.45) is 3.46. The lowest BCUT2D eigenvalue weighted by Gasteiger charge is -2.17. The molecule has 0 saturated carbocycles. The summed E-state index contributed by atoms with van der Waals surface area (Å²) in [6, 6.07) is 11.7. The molecule has 3 rings (SSSR count). The number of hydrogen-bond acceptors (Lipinski definition) is 5. The second kappa shape index (κ2) is 5.78. The molecule has 0 amide bonds. The summed E-state index contributed by atoms with van der Waals surface area (Å²) in [7, 11) is 0. The van der Waals surface area contributed by atoms with Gasteiger partial charge in [0, 0.05) is 11.6 Å². The highest BCUT2D eigenvalue weighted by atomic mass is 15.0. The summed E-state index contributed by atoms with van der Waals surface area (Å²) < 4.78 is 0. The van der Waals surface area contributed by atoms with Crippen LogP contribution in [0.1, 0.15) is 29.9 Å². The van der Waals surface area contributed by atoms with E-state index < -0.39 is 0 Å². The van der Waals surface area contributed by atoms with Gasteiger partial charge in [-0.05, 0) is 37.6 Å². The van der Waals surface area contributed by atoms with E-state index in [-0.39, 0.29) is 6.04 Å². The molecule has 1 N–H and O–H groups in total. The Morgan fingerprint density at radius 3 is 2.91 bits per heavy atom. The van der Waals surface area contributed by atoms with Gasteiger partial charge in [0.05, 0.1) is 29.4 Å². The van der Waals surface area contributed by atoms with Crippen molar-refractivity contribution in [2.75, 3.05) is 5.32 Å². The van der Waals surface area contributed by atoms with Crippen molar-refractivity contribution in [1.82, 2.24) is 15.0 Å². The first-order valence-corrected chi connectivity index (χ1v) is 7.02. The zero-order valence-electron chi connectivity index (χ0n) is 12.4. The fraction of sp³-hybridized carbons (Fsp3) is 0.176. The minimum absolute atomic E-state index is 0.0268. The number of anilines is 1. The predicted octanol–water partition coefficient (Wildman–Crippen LogP) is 3.38. The first kappa shape index (κ1) is 14.0. The van der Waals surface area contributed by atoms with Crippen LogP contribution in [0.3, 0.4) is 0 Å². The van der Waals surface area contributed by atoms with Gasteiger partial charge in [-0.3, -0.25) is 4.98 Å². The van der Waals surface area contributed by atoms with Crippen LogP contribution in [0.5, 0.6) is 0 Å². The smallest absolute Gasteiger partial charge is 0.138 e. The molecule has 0 unspecified atom stereocenters. The van der Waals surface area contributed by atoms with Crippen LogP contribution in [0.15, 0.2) is 42.7 Å². The van der Waals surface area contributed by atoms with Gasteiger partial charge in [-0.15, -0.1) is 0 Å². The fourth-order valence-corrected chi connectivity index (χ4v) is 2.37. The van der Waals surface area contributed by atoms with Crippen LogP contribution in [0.4, 0.5) is 5.82 Å². The number of aromatic nitrogens is 3. The summed E-state index contributed by atoms with van der Waals surface area (Å²) >= 11 is 0. The summed E-state index contributed by atoms with van der Waals surface area (Å²) in [4.78, 5) is 13.0. The lowest BCUT2D eigenvalue weighted by atomic mass is 10.1. The van der Waals surface area contributed by atoms with Gasteiger partial charge >= 0.3 is 0 Å². The maximum atomic E-state index is 9.01. The molecule has 1 atom stereocenters. The average molecular weight is 289 g/mol. The molecule has 2 heterocycles. The Hall–Kier alpha value is -3.00. The summed E-state index contributed by atoms with van der Waals surface area (Å²) in [5.74, 6) is 1.47. The molecule has 0 saturated heterocycles. The molecule has 5 heteroatoms. The van der Waals surface area contributed by atoms with Crippen LogP contribution in [-0.4, -0.2) is 15.0 Å². The Morgan fingerprint density at radius 1 is 1.23 bits per heavy atom. The minimum Gasteiger partial charge on any atom is -0.363 e. The number of fused-ring (bicyclic) bond motifs is 1. The summed E-state index contributed by atoms with van der Waals surface area (Å²) in [6.45, 7) is 3.90. The highest BCUT2D eigenvalue weighted by Crippen LogP contribution is 2.24. The van der Waals surface area contributed by atoms with Crippen molar-refractivity contribution in [3.05, 3.63) is 59.7 Å². The van der Waals surface area contributed by atoms with Crippen molar-refractivity contribution in [2.24, 2.45) is 0 Å². The van der Waals surface area contributed by atoms with E-state index in [1.807, 2.05) is 38.1 Å². The maximum Gasteiger partial charge on any atom is 0.138 e. The van der Waals surface area contributed by atoms with E-state index in [4.69, 9.17) is 5.26 Å². The molecule has 3 aromatic rings. The Labute approximate surface area is 128 Å². The van der Waals surface area contributed by atoms with E-state index in [9.17, 15) is 0 Å². The van der Waals surface area contributed by atoms with Crippen LogP contribution < -0.4 is 5.32 Å². The molecule has 0 aliphatic carbocycles. The molecule has 22 heavy (non-hydrogen) atoms. The van der Waals surface area contributed by atoms with Crippen molar-refractivity contribution >= 4 is 16.7 Å². The Bertz CT molecular complexity index is 866. The minimum atomic E-state index is 0.0268. The van der Waals surface area contributed by atoms with E-state index in [0.29, 0.717) is 11.4 Å². The quantitative estimate of drug-likeness (QED) is 0.800. The fourth-order valence-electron chi connectivity index (χ4n) is 2.37. The third-order valence-corrected chi connectivity index (χ3v) is 3.48. The van der Waals surface area contributed by atoms with Crippen LogP contribution in [0, 0.1) is 18.3 Å². The molecule has 0 aliphatic heterocycles. The molecule has 5 nitrogen and oxygen atoms in total. The van der Waals surface area contributed by atoms with E-state index in [2.05, 4.69) is 26.3 Å². The van der Waals surface area contributed by atoms with Crippen LogP contribution in [0.2, 0.25) is 0 Å². The van der Waals surface area contributed by atoms with Crippen molar-refractivity contribution in [3.8, 4) is 6.07 Å². The summed E-state index contributed by atoms with van der Waals surface area (Å²) in [5.41, 5.74) is 2.51. The third-order valence-electron chi connectivity index (χ3n) is 3.48. The van der Waals surface area contributed by atoms with Crippen molar-refractivity contribution < 1.29 is 0 Å². The second-order valence-corrected chi connectivity index (χ2v) is 5.12. The maximum absolute atomic E-state index is 9.01. The number of nitrogens with one attached hydrogen (secondary N) is 1. The standard InChI is InChI=1S/C17H15N5/c1-11(14-5-3-4-13(8-14)9-18)20-17-15-6-7-19-10-16(15)21-12(2)22-17/h3-8,10-11H,1-2H3,(H,20,21,22)/t11-/m1/s1. The summed E-state index contributed by atoms with van der Waals surface area (Å²) in [5, 5.41) is 13.4. The molecule has 1 aromatic carbocycles. The molecule has 0 aliphatic rings. The Kier molecular flexibility index (Phi) is 3.67. The number of nitriles is 1. The van der Waals surface area contributed by atoms with Gasteiger partial charge in [0.25, 0.3) is 0 Å². The highest BCUT2D eigenvalue weighted by molar-refractivity contribution is 5.88.